The SMILES string of the molecule is CCC(O[Si](C)(C)O[Si](C)(C)C)[Si](C)(C)CCCOCC(C)OCC(C)O. The van der Waals surface area contributed by atoms with E-state index in [2.05, 4.69) is 52.8 Å². The summed E-state index contributed by atoms with van der Waals surface area (Å²) in [5.41, 5.74) is 0.337. The van der Waals surface area contributed by atoms with Gasteiger partial charge in [-0.2, -0.15) is 0 Å². The maximum absolute atomic E-state index is 9.24. The van der Waals surface area contributed by atoms with Crippen molar-refractivity contribution in [1.82, 2.24) is 0 Å². The Bertz CT molecular complexity index is 397. The van der Waals surface area contributed by atoms with Gasteiger partial charge in [-0.25, -0.2) is 0 Å². The summed E-state index contributed by atoms with van der Waals surface area (Å²) >= 11 is 0. The smallest absolute Gasteiger partial charge is 0.321 e. The second-order valence-corrected chi connectivity index (χ2v) is 23.0. The van der Waals surface area contributed by atoms with Crippen LogP contribution < -0.4 is 0 Å². The monoisotopic (exact) mass is 438 g/mol. The van der Waals surface area contributed by atoms with Gasteiger partial charge in [0.15, 0.2) is 8.32 Å². The van der Waals surface area contributed by atoms with E-state index in [0.717, 1.165) is 19.4 Å². The number of aliphatic hydroxyl groups is 1. The summed E-state index contributed by atoms with van der Waals surface area (Å²) in [5, 5.41) is 9.24. The van der Waals surface area contributed by atoms with Crippen LogP contribution in [0.4, 0.5) is 0 Å². The highest BCUT2D eigenvalue weighted by atomic mass is 28.4. The fourth-order valence-electron chi connectivity index (χ4n) is 3.29. The first-order valence-corrected chi connectivity index (χ1v) is 19.9. The minimum absolute atomic E-state index is 0.0158. The van der Waals surface area contributed by atoms with Crippen molar-refractivity contribution < 1.29 is 23.1 Å². The Balaban J connectivity index is 4.34. The third-order valence-electron chi connectivity index (χ3n) is 4.30. The van der Waals surface area contributed by atoms with Crippen molar-refractivity contribution in [3.63, 3.8) is 0 Å². The molecular weight excluding hydrogens is 392 g/mol. The Morgan fingerprint density at radius 3 is 2.00 bits per heavy atom. The summed E-state index contributed by atoms with van der Waals surface area (Å²) in [7, 11) is -5.20. The van der Waals surface area contributed by atoms with E-state index in [9.17, 15) is 5.11 Å². The molecule has 8 heteroatoms. The first kappa shape index (κ1) is 27.5. The van der Waals surface area contributed by atoms with Gasteiger partial charge in [0.2, 0.25) is 0 Å². The van der Waals surface area contributed by atoms with Crippen molar-refractivity contribution in [1.29, 1.82) is 0 Å². The summed E-state index contributed by atoms with van der Waals surface area (Å²) < 4.78 is 24.3. The summed E-state index contributed by atoms with van der Waals surface area (Å²) in [4.78, 5) is 0. The molecule has 0 saturated heterocycles. The molecule has 0 aromatic rings. The van der Waals surface area contributed by atoms with Gasteiger partial charge in [0, 0.05) is 12.3 Å². The zero-order valence-corrected chi connectivity index (χ0v) is 22.6. The average molecular weight is 439 g/mol. The molecule has 0 aliphatic heterocycles. The van der Waals surface area contributed by atoms with E-state index < -0.39 is 31.1 Å². The molecule has 5 nitrogen and oxygen atoms in total. The third-order valence-corrected chi connectivity index (χ3v) is 13.7. The molecule has 0 radical (unpaired) electrons. The molecule has 1 N–H and O–H groups in total. The normalized spacial score (nSPS) is 17.0. The first-order valence-electron chi connectivity index (χ1n) is 10.4. The van der Waals surface area contributed by atoms with Crippen LogP contribution in [-0.2, 0) is 18.0 Å². The Labute approximate surface area is 171 Å². The summed E-state index contributed by atoms with van der Waals surface area (Å²) in [6.07, 6.45) is 1.69. The van der Waals surface area contributed by atoms with Crippen molar-refractivity contribution in [2.24, 2.45) is 0 Å². The molecule has 164 valence electrons. The van der Waals surface area contributed by atoms with Crippen LogP contribution in [0, 0.1) is 0 Å². The number of ether oxygens (including phenoxy) is 2. The van der Waals surface area contributed by atoms with Crippen LogP contribution in [0.1, 0.15) is 33.6 Å². The Kier molecular flexibility index (Phi) is 12.4. The highest BCUT2D eigenvalue weighted by Gasteiger charge is 2.39. The minimum atomic E-state index is -2.09. The molecule has 0 saturated carbocycles. The van der Waals surface area contributed by atoms with Gasteiger partial charge in [-0.15, -0.1) is 0 Å². The number of rotatable bonds is 15. The van der Waals surface area contributed by atoms with Crippen molar-refractivity contribution in [3.05, 3.63) is 0 Å². The summed E-state index contributed by atoms with van der Waals surface area (Å²) in [6, 6.07) is 1.19. The maximum Gasteiger partial charge on any atom is 0.321 e. The second-order valence-electron chi connectivity index (χ2n) is 9.79. The number of hydrogen-bond acceptors (Lipinski definition) is 5. The van der Waals surface area contributed by atoms with Gasteiger partial charge in [0.25, 0.3) is 0 Å². The van der Waals surface area contributed by atoms with Crippen molar-refractivity contribution in [2.45, 2.75) is 103 Å². The zero-order chi connectivity index (χ0) is 21.3. The molecule has 0 bridgehead atoms. The molecule has 0 rings (SSSR count). The molecule has 27 heavy (non-hydrogen) atoms. The molecule has 0 aliphatic rings. The van der Waals surface area contributed by atoms with Gasteiger partial charge in [-0.3, -0.25) is 0 Å². The van der Waals surface area contributed by atoms with E-state index in [0.29, 0.717) is 18.9 Å². The van der Waals surface area contributed by atoms with Crippen molar-refractivity contribution >= 4 is 25.0 Å². The molecule has 0 aliphatic carbocycles. The highest BCUT2D eigenvalue weighted by Crippen LogP contribution is 2.26. The van der Waals surface area contributed by atoms with Gasteiger partial charge < -0.3 is 23.1 Å². The molecule has 0 fully saturated rings. The average Bonchev–Trinajstić information content (AvgIpc) is 2.47. The van der Waals surface area contributed by atoms with E-state index in [-0.39, 0.29) is 6.10 Å². The van der Waals surface area contributed by atoms with Crippen LogP contribution in [0.2, 0.25) is 51.9 Å². The van der Waals surface area contributed by atoms with Gasteiger partial charge in [0.1, 0.15) is 0 Å². The van der Waals surface area contributed by atoms with Gasteiger partial charge in [-0.05, 0) is 59.4 Å². The minimum Gasteiger partial charge on any atom is -0.436 e. The topological polar surface area (TPSA) is 57.2 Å². The molecule has 3 unspecified atom stereocenters. The standard InChI is InChI=1S/C19H46O5Si3/c1-11-19(23-27(9,10)24-25(4,5)6)26(7,8)14-12-13-21-16-18(3)22-15-17(2)20/h17-20H,11-16H2,1-10H3. The fourth-order valence-corrected chi connectivity index (χ4v) is 14.8. The molecule has 0 aromatic heterocycles. The Morgan fingerprint density at radius 1 is 0.926 bits per heavy atom. The third kappa shape index (κ3) is 14.1. The lowest BCUT2D eigenvalue weighted by Gasteiger charge is -2.39. The fraction of sp³-hybridized carbons (Fsp3) is 1.00. The van der Waals surface area contributed by atoms with E-state index >= 15 is 0 Å². The lowest BCUT2D eigenvalue weighted by Crippen LogP contribution is -2.53. The second kappa shape index (κ2) is 12.2. The Morgan fingerprint density at radius 2 is 1.52 bits per heavy atom. The van der Waals surface area contributed by atoms with E-state index in [1.54, 1.807) is 6.92 Å². The first-order chi connectivity index (χ1) is 12.2. The van der Waals surface area contributed by atoms with Crippen LogP contribution in [0.3, 0.4) is 0 Å². The zero-order valence-electron chi connectivity index (χ0n) is 19.6. The Hall–Kier alpha value is 0.451. The molecule has 0 spiro atoms. The van der Waals surface area contributed by atoms with Crippen molar-refractivity contribution in [2.75, 3.05) is 19.8 Å². The molecule has 0 amide bonds. The number of aliphatic hydroxyl groups excluding tert-OH is 1. The predicted octanol–water partition coefficient (Wildman–Crippen LogP) is 4.78. The van der Waals surface area contributed by atoms with E-state index in [1.807, 2.05) is 6.92 Å². The highest BCUT2D eigenvalue weighted by molar-refractivity contribution is 6.83. The van der Waals surface area contributed by atoms with Crippen LogP contribution >= 0.6 is 0 Å². The van der Waals surface area contributed by atoms with E-state index in [4.69, 9.17) is 18.0 Å². The van der Waals surface area contributed by atoms with Gasteiger partial charge in [0.05, 0.1) is 33.5 Å². The molecule has 3 atom stereocenters. The number of hydrogen-bond donors (Lipinski definition) is 1. The van der Waals surface area contributed by atoms with Crippen LogP contribution in [0.5, 0.6) is 0 Å². The van der Waals surface area contributed by atoms with Gasteiger partial charge in [-0.1, -0.05) is 26.1 Å². The lowest BCUT2D eigenvalue weighted by atomic mass is 10.4. The quantitative estimate of drug-likeness (QED) is 0.295. The molecule has 0 heterocycles. The molecule has 0 aromatic carbocycles. The van der Waals surface area contributed by atoms with Gasteiger partial charge >= 0.3 is 8.56 Å². The van der Waals surface area contributed by atoms with Crippen LogP contribution in [0.25, 0.3) is 0 Å². The predicted molar refractivity (Wildman–Crippen MR) is 122 cm³/mol. The molecular formula is C19H46O5Si3. The van der Waals surface area contributed by atoms with Crippen LogP contribution in [0.15, 0.2) is 0 Å². The van der Waals surface area contributed by atoms with Crippen LogP contribution in [-0.4, -0.2) is 67.8 Å². The largest absolute Gasteiger partial charge is 0.436 e. The summed E-state index contributed by atoms with van der Waals surface area (Å²) in [5.74, 6) is 0. The maximum atomic E-state index is 9.24. The summed E-state index contributed by atoms with van der Waals surface area (Å²) in [6.45, 7) is 23.6. The van der Waals surface area contributed by atoms with E-state index in [1.165, 1.54) is 6.04 Å². The lowest BCUT2D eigenvalue weighted by molar-refractivity contribution is -0.0363. The van der Waals surface area contributed by atoms with Crippen molar-refractivity contribution in [3.8, 4) is 0 Å².